The summed E-state index contributed by atoms with van der Waals surface area (Å²) in [5.74, 6) is -0.839. The lowest BCUT2D eigenvalue weighted by Crippen LogP contribution is -2.51. The standard InChI is InChI=1S/C27H30ClN3O4S/c1-20-14-15-23(28)18-25(20)31(36(34,35)24-12-8-5-9-13-24)19-26(32)30(21(2)27(33)29-3)17-16-22-10-6-4-7-11-22/h4-15,18,21H,16-17,19H2,1-3H3,(H,29,33)/t21-/m1/s1. The molecular formula is C27H30ClN3O4S. The molecule has 36 heavy (non-hydrogen) atoms. The largest absolute Gasteiger partial charge is 0.357 e. The number of benzene rings is 3. The molecule has 0 fully saturated rings. The van der Waals surface area contributed by atoms with Gasteiger partial charge in [-0.3, -0.25) is 13.9 Å². The maximum atomic E-state index is 13.7. The second-order valence-corrected chi connectivity index (χ2v) is 10.7. The Morgan fingerprint density at radius 3 is 2.19 bits per heavy atom. The number of nitrogens with one attached hydrogen (secondary N) is 1. The van der Waals surface area contributed by atoms with Crippen LogP contribution in [-0.2, 0) is 26.0 Å². The van der Waals surface area contributed by atoms with Crippen LogP contribution in [0.5, 0.6) is 0 Å². The van der Waals surface area contributed by atoms with Gasteiger partial charge in [0.25, 0.3) is 10.0 Å². The van der Waals surface area contributed by atoms with Crippen LogP contribution in [0.15, 0.2) is 83.8 Å². The van der Waals surface area contributed by atoms with Gasteiger partial charge in [-0.25, -0.2) is 8.42 Å². The van der Waals surface area contributed by atoms with Gasteiger partial charge in [0.1, 0.15) is 12.6 Å². The molecule has 0 aliphatic heterocycles. The number of nitrogens with zero attached hydrogens (tertiary/aromatic N) is 2. The van der Waals surface area contributed by atoms with Crippen molar-refractivity contribution >= 4 is 39.1 Å². The summed E-state index contributed by atoms with van der Waals surface area (Å²) in [4.78, 5) is 27.6. The van der Waals surface area contributed by atoms with Gasteiger partial charge in [-0.1, -0.05) is 66.2 Å². The zero-order valence-electron chi connectivity index (χ0n) is 20.5. The lowest BCUT2D eigenvalue weighted by atomic mass is 10.1. The van der Waals surface area contributed by atoms with Crippen LogP contribution in [0.3, 0.4) is 0 Å². The second kappa shape index (κ2) is 12.1. The van der Waals surface area contributed by atoms with E-state index in [0.29, 0.717) is 22.7 Å². The van der Waals surface area contributed by atoms with Crippen molar-refractivity contribution in [1.82, 2.24) is 10.2 Å². The highest BCUT2D eigenvalue weighted by Gasteiger charge is 2.32. The molecule has 0 radical (unpaired) electrons. The Kier molecular flexibility index (Phi) is 9.12. The number of rotatable bonds is 10. The van der Waals surface area contributed by atoms with E-state index in [9.17, 15) is 18.0 Å². The van der Waals surface area contributed by atoms with Gasteiger partial charge in [-0.15, -0.1) is 0 Å². The zero-order chi connectivity index (χ0) is 26.3. The minimum atomic E-state index is -4.11. The number of hydrogen-bond acceptors (Lipinski definition) is 4. The summed E-state index contributed by atoms with van der Waals surface area (Å²) in [6.07, 6.45) is 0.509. The van der Waals surface area contributed by atoms with Gasteiger partial charge < -0.3 is 10.2 Å². The fraction of sp³-hybridized carbons (Fsp3) is 0.259. The van der Waals surface area contributed by atoms with E-state index in [-0.39, 0.29) is 17.3 Å². The molecule has 0 saturated heterocycles. The topological polar surface area (TPSA) is 86.8 Å². The number of carbonyl (C=O) groups excluding carboxylic acids is 2. The van der Waals surface area contributed by atoms with Crippen LogP contribution in [0.1, 0.15) is 18.1 Å². The molecule has 0 aromatic heterocycles. The van der Waals surface area contributed by atoms with Gasteiger partial charge in [0.2, 0.25) is 11.8 Å². The van der Waals surface area contributed by atoms with Crippen LogP contribution >= 0.6 is 11.6 Å². The summed E-state index contributed by atoms with van der Waals surface area (Å²) in [5.41, 5.74) is 1.94. The Labute approximate surface area is 217 Å². The molecule has 3 rings (SSSR count). The quantitative estimate of drug-likeness (QED) is 0.431. The molecule has 0 aliphatic rings. The lowest BCUT2D eigenvalue weighted by Gasteiger charge is -2.32. The lowest BCUT2D eigenvalue weighted by molar-refractivity contribution is -0.138. The molecule has 0 heterocycles. The molecule has 3 aromatic carbocycles. The maximum absolute atomic E-state index is 13.7. The number of amides is 2. The first kappa shape index (κ1) is 27.2. The summed E-state index contributed by atoms with van der Waals surface area (Å²) in [7, 11) is -2.61. The number of carbonyl (C=O) groups is 2. The van der Waals surface area contributed by atoms with Crippen molar-refractivity contribution in [3.05, 3.63) is 95.0 Å². The minimum Gasteiger partial charge on any atom is -0.357 e. The number of halogens is 1. The number of anilines is 1. The molecule has 9 heteroatoms. The Morgan fingerprint density at radius 2 is 1.58 bits per heavy atom. The Bertz CT molecular complexity index is 1300. The van der Waals surface area contributed by atoms with E-state index in [1.165, 1.54) is 30.1 Å². The molecule has 0 spiro atoms. The monoisotopic (exact) mass is 527 g/mol. The summed E-state index contributed by atoms with van der Waals surface area (Å²) in [6, 6.07) is 21.6. The van der Waals surface area contributed by atoms with Crippen molar-refractivity contribution in [3.8, 4) is 0 Å². The number of aryl methyl sites for hydroxylation is 1. The van der Waals surface area contributed by atoms with Crippen LogP contribution in [0.2, 0.25) is 5.02 Å². The first-order valence-electron chi connectivity index (χ1n) is 11.5. The van der Waals surface area contributed by atoms with Gasteiger partial charge in [0.15, 0.2) is 0 Å². The normalized spacial score (nSPS) is 12.0. The van der Waals surface area contributed by atoms with Crippen LogP contribution in [0.25, 0.3) is 0 Å². The smallest absolute Gasteiger partial charge is 0.264 e. The van der Waals surface area contributed by atoms with E-state index >= 15 is 0 Å². The molecular weight excluding hydrogens is 498 g/mol. The van der Waals surface area contributed by atoms with Crippen LogP contribution < -0.4 is 9.62 Å². The number of sulfonamides is 1. The molecule has 0 unspecified atom stereocenters. The van der Waals surface area contributed by atoms with Crippen LogP contribution in [0.4, 0.5) is 5.69 Å². The first-order valence-corrected chi connectivity index (χ1v) is 13.4. The highest BCUT2D eigenvalue weighted by Crippen LogP contribution is 2.29. The fourth-order valence-corrected chi connectivity index (χ4v) is 5.52. The summed E-state index contributed by atoms with van der Waals surface area (Å²) >= 11 is 6.21. The summed E-state index contributed by atoms with van der Waals surface area (Å²) < 4.78 is 28.5. The van der Waals surface area contributed by atoms with E-state index in [4.69, 9.17) is 11.6 Å². The van der Waals surface area contributed by atoms with Crippen molar-refractivity contribution in [2.24, 2.45) is 0 Å². The maximum Gasteiger partial charge on any atom is 0.264 e. The zero-order valence-corrected chi connectivity index (χ0v) is 22.1. The molecule has 3 aromatic rings. The number of likely N-dealkylation sites (N-methyl/N-ethyl adjacent to an activating group) is 1. The summed E-state index contributed by atoms with van der Waals surface area (Å²) in [5, 5.41) is 2.92. The number of hydrogen-bond donors (Lipinski definition) is 1. The summed E-state index contributed by atoms with van der Waals surface area (Å²) in [6.45, 7) is 3.13. The van der Waals surface area contributed by atoms with Gasteiger partial charge >= 0.3 is 0 Å². The highest BCUT2D eigenvalue weighted by molar-refractivity contribution is 7.92. The predicted octanol–water partition coefficient (Wildman–Crippen LogP) is 4.05. The van der Waals surface area contributed by atoms with Gasteiger partial charge in [0.05, 0.1) is 10.6 Å². The van der Waals surface area contributed by atoms with Gasteiger partial charge in [-0.2, -0.15) is 0 Å². The highest BCUT2D eigenvalue weighted by atomic mass is 35.5. The minimum absolute atomic E-state index is 0.0485. The van der Waals surface area contributed by atoms with Crippen LogP contribution in [-0.4, -0.2) is 51.3 Å². The van der Waals surface area contributed by atoms with Crippen molar-refractivity contribution in [2.45, 2.75) is 31.2 Å². The van der Waals surface area contributed by atoms with Crippen molar-refractivity contribution in [3.63, 3.8) is 0 Å². The molecule has 7 nitrogen and oxygen atoms in total. The molecule has 0 saturated carbocycles. The van der Waals surface area contributed by atoms with Gasteiger partial charge in [0, 0.05) is 18.6 Å². The van der Waals surface area contributed by atoms with E-state index in [1.54, 1.807) is 44.2 Å². The van der Waals surface area contributed by atoms with Crippen LogP contribution in [0, 0.1) is 6.92 Å². The molecule has 190 valence electrons. The Balaban J connectivity index is 2.00. The van der Waals surface area contributed by atoms with E-state index < -0.39 is 28.5 Å². The molecule has 1 atom stereocenters. The Morgan fingerprint density at radius 1 is 0.972 bits per heavy atom. The van der Waals surface area contributed by atoms with Crippen molar-refractivity contribution in [2.75, 3.05) is 24.4 Å². The third kappa shape index (κ3) is 6.44. The van der Waals surface area contributed by atoms with Gasteiger partial charge in [-0.05, 0) is 55.7 Å². The third-order valence-corrected chi connectivity index (χ3v) is 7.96. The molecule has 2 amide bonds. The Hall–Kier alpha value is -3.36. The SMILES string of the molecule is CNC(=O)[C@@H](C)N(CCc1ccccc1)C(=O)CN(c1cc(Cl)ccc1C)S(=O)(=O)c1ccccc1. The average Bonchev–Trinajstić information content (AvgIpc) is 2.89. The first-order chi connectivity index (χ1) is 17.1. The molecule has 1 N–H and O–H groups in total. The van der Waals surface area contributed by atoms with E-state index in [1.807, 2.05) is 30.3 Å². The molecule has 0 bridgehead atoms. The fourth-order valence-electron chi connectivity index (χ4n) is 3.86. The van der Waals surface area contributed by atoms with Crippen molar-refractivity contribution in [1.29, 1.82) is 0 Å². The average molecular weight is 528 g/mol. The van der Waals surface area contributed by atoms with E-state index in [2.05, 4.69) is 5.32 Å². The second-order valence-electron chi connectivity index (χ2n) is 8.37. The van der Waals surface area contributed by atoms with E-state index in [0.717, 1.165) is 9.87 Å². The molecule has 0 aliphatic carbocycles. The van der Waals surface area contributed by atoms with Crippen molar-refractivity contribution < 1.29 is 18.0 Å². The predicted molar refractivity (Wildman–Crippen MR) is 143 cm³/mol. The third-order valence-electron chi connectivity index (χ3n) is 5.95.